The second kappa shape index (κ2) is 11.1. The predicted molar refractivity (Wildman–Crippen MR) is 120 cm³/mol. The monoisotopic (exact) mass is 444 g/mol. The van der Waals surface area contributed by atoms with Gasteiger partial charge in [-0.05, 0) is 19.3 Å². The fourth-order valence-corrected chi connectivity index (χ4v) is 13.2. The van der Waals surface area contributed by atoms with Crippen LogP contribution in [0.1, 0.15) is 25.7 Å². The van der Waals surface area contributed by atoms with Crippen LogP contribution in [-0.4, -0.2) is 76.6 Å². The van der Waals surface area contributed by atoms with Crippen molar-refractivity contribution < 1.29 is 10.2 Å². The summed E-state index contributed by atoms with van der Waals surface area (Å²) in [4.78, 5) is 0. The highest BCUT2D eigenvalue weighted by Gasteiger charge is 2.30. The van der Waals surface area contributed by atoms with Crippen molar-refractivity contribution in [2.75, 3.05) is 36.2 Å². The molecule has 2 N–H and O–H groups in total. The molecule has 0 aromatic rings. The highest BCUT2D eigenvalue weighted by molar-refractivity contribution is 8.22. The molecule has 24 heavy (non-hydrogen) atoms. The molecule has 140 valence electrons. The molecule has 6 unspecified atom stereocenters. The molecule has 2 aliphatic heterocycles. The molecule has 1 aliphatic carbocycles. The lowest BCUT2D eigenvalue weighted by Crippen LogP contribution is -2.21. The first-order valence-corrected chi connectivity index (χ1v) is 14.8. The maximum absolute atomic E-state index is 9.26. The van der Waals surface area contributed by atoms with Crippen molar-refractivity contribution in [2.24, 2.45) is 0 Å². The third-order valence-electron chi connectivity index (χ3n) is 4.55. The van der Waals surface area contributed by atoms with Crippen molar-refractivity contribution in [3.8, 4) is 0 Å². The summed E-state index contributed by atoms with van der Waals surface area (Å²) in [6.45, 7) is 0.685. The van der Waals surface area contributed by atoms with Crippen LogP contribution in [0.4, 0.5) is 0 Å². The summed E-state index contributed by atoms with van der Waals surface area (Å²) in [5.41, 5.74) is 0. The number of aliphatic hydroxyl groups is 2. The number of thioether (sulfide) groups is 6. The Labute approximate surface area is 172 Å². The quantitative estimate of drug-likeness (QED) is 0.580. The molecular weight excluding hydrogens is 417 g/mol. The molecule has 3 aliphatic rings. The molecule has 0 spiro atoms. The minimum atomic E-state index is 0.343. The van der Waals surface area contributed by atoms with E-state index < -0.39 is 0 Å². The molecule has 0 aromatic carbocycles. The first-order chi connectivity index (χ1) is 11.8. The van der Waals surface area contributed by atoms with Crippen molar-refractivity contribution in [3.05, 3.63) is 0 Å². The van der Waals surface area contributed by atoms with Crippen LogP contribution >= 0.6 is 70.6 Å². The zero-order valence-electron chi connectivity index (χ0n) is 13.9. The molecule has 2 nitrogen and oxygen atoms in total. The number of aliphatic hydroxyl groups excluding tert-OH is 2. The Balaban J connectivity index is 1.31. The van der Waals surface area contributed by atoms with E-state index in [-0.39, 0.29) is 0 Å². The standard InChI is InChI=1S/C16H28O2S6/c17-5-13-7-21-15(23-13)9-19-11-2-1-3-12(4-11)20-10-16-22-8-14(6-18)24-16/h11-18H,1-10H2. The molecule has 8 heteroatoms. The Bertz CT molecular complexity index is 342. The van der Waals surface area contributed by atoms with E-state index in [0.29, 0.717) is 32.9 Å². The normalized spacial score (nSPS) is 40.2. The smallest absolute Gasteiger partial charge is 0.0597 e. The molecular formula is C16H28O2S6. The summed E-state index contributed by atoms with van der Waals surface area (Å²) in [5.74, 6) is 4.75. The van der Waals surface area contributed by atoms with Crippen molar-refractivity contribution in [3.63, 3.8) is 0 Å². The fourth-order valence-electron chi connectivity index (χ4n) is 3.22. The first kappa shape index (κ1) is 20.7. The van der Waals surface area contributed by atoms with E-state index in [2.05, 4.69) is 23.5 Å². The van der Waals surface area contributed by atoms with Crippen LogP contribution in [0.2, 0.25) is 0 Å². The SMILES string of the molecule is OCC1CSC(CSC2CCCC(SCC3SCC(CO)S3)C2)S1. The average Bonchev–Trinajstić information content (AvgIpc) is 3.27. The highest BCUT2D eigenvalue weighted by Crippen LogP contribution is 2.44. The van der Waals surface area contributed by atoms with Gasteiger partial charge < -0.3 is 10.2 Å². The number of rotatable bonds is 8. The zero-order chi connectivity index (χ0) is 16.8. The zero-order valence-corrected chi connectivity index (χ0v) is 18.8. The Kier molecular flexibility index (Phi) is 9.62. The molecule has 0 radical (unpaired) electrons. The molecule has 2 saturated heterocycles. The maximum Gasteiger partial charge on any atom is 0.0597 e. The molecule has 3 fully saturated rings. The summed E-state index contributed by atoms with van der Waals surface area (Å²) in [5, 5.41) is 21.1. The lowest BCUT2D eigenvalue weighted by atomic mass is 10.00. The largest absolute Gasteiger partial charge is 0.395 e. The summed E-state index contributed by atoms with van der Waals surface area (Å²) in [7, 11) is 0. The number of hydrogen-bond acceptors (Lipinski definition) is 8. The van der Waals surface area contributed by atoms with Crippen LogP contribution in [0.3, 0.4) is 0 Å². The van der Waals surface area contributed by atoms with Gasteiger partial charge in [0.25, 0.3) is 0 Å². The Morgan fingerprint density at radius 3 is 1.71 bits per heavy atom. The lowest BCUT2D eigenvalue weighted by molar-refractivity contribution is 0.301. The molecule has 2 heterocycles. The summed E-state index contributed by atoms with van der Waals surface area (Å²) < 4.78 is 1.39. The van der Waals surface area contributed by atoms with Gasteiger partial charge in [-0.2, -0.15) is 23.5 Å². The van der Waals surface area contributed by atoms with E-state index in [1.165, 1.54) is 37.2 Å². The van der Waals surface area contributed by atoms with Gasteiger partial charge in [-0.3, -0.25) is 0 Å². The van der Waals surface area contributed by atoms with Gasteiger partial charge in [-0.1, -0.05) is 6.42 Å². The van der Waals surface area contributed by atoms with Crippen molar-refractivity contribution in [2.45, 2.75) is 55.8 Å². The Morgan fingerprint density at radius 2 is 1.29 bits per heavy atom. The van der Waals surface area contributed by atoms with Crippen LogP contribution in [0.15, 0.2) is 0 Å². The summed E-state index contributed by atoms with van der Waals surface area (Å²) in [6.07, 6.45) is 5.56. The highest BCUT2D eigenvalue weighted by atomic mass is 32.2. The average molecular weight is 445 g/mol. The van der Waals surface area contributed by atoms with E-state index in [4.69, 9.17) is 0 Å². The minimum absolute atomic E-state index is 0.343. The second-order valence-corrected chi connectivity index (χ2v) is 15.2. The van der Waals surface area contributed by atoms with E-state index in [9.17, 15) is 10.2 Å². The van der Waals surface area contributed by atoms with Gasteiger partial charge in [-0.25, -0.2) is 0 Å². The fraction of sp³-hybridized carbons (Fsp3) is 1.00. The van der Waals surface area contributed by atoms with Crippen LogP contribution in [-0.2, 0) is 0 Å². The Hall–Kier alpha value is 2.02. The van der Waals surface area contributed by atoms with E-state index in [0.717, 1.165) is 22.0 Å². The molecule has 0 aromatic heterocycles. The molecule has 0 bridgehead atoms. The molecule has 3 rings (SSSR count). The first-order valence-electron chi connectivity index (χ1n) is 8.76. The second-order valence-electron chi connectivity index (χ2n) is 6.48. The third-order valence-corrected chi connectivity index (χ3v) is 14.8. The van der Waals surface area contributed by atoms with Gasteiger partial charge in [0.1, 0.15) is 0 Å². The van der Waals surface area contributed by atoms with Gasteiger partial charge in [0.15, 0.2) is 0 Å². The lowest BCUT2D eigenvalue weighted by Gasteiger charge is -2.29. The van der Waals surface area contributed by atoms with E-state index in [1.807, 2.05) is 47.0 Å². The van der Waals surface area contributed by atoms with Gasteiger partial charge in [0.2, 0.25) is 0 Å². The van der Waals surface area contributed by atoms with Crippen LogP contribution in [0.25, 0.3) is 0 Å². The van der Waals surface area contributed by atoms with Crippen LogP contribution in [0.5, 0.6) is 0 Å². The van der Waals surface area contributed by atoms with Crippen molar-refractivity contribution in [1.29, 1.82) is 0 Å². The van der Waals surface area contributed by atoms with Crippen LogP contribution in [0, 0.1) is 0 Å². The molecule has 1 saturated carbocycles. The van der Waals surface area contributed by atoms with E-state index in [1.54, 1.807) is 0 Å². The predicted octanol–water partition coefficient (Wildman–Crippen LogP) is 4.10. The Morgan fingerprint density at radius 1 is 0.792 bits per heavy atom. The summed E-state index contributed by atoms with van der Waals surface area (Å²) >= 11 is 12.5. The third kappa shape index (κ3) is 6.57. The summed E-state index contributed by atoms with van der Waals surface area (Å²) in [6, 6.07) is 0. The van der Waals surface area contributed by atoms with Gasteiger partial charge in [0, 0.05) is 44.0 Å². The van der Waals surface area contributed by atoms with E-state index >= 15 is 0 Å². The maximum atomic E-state index is 9.26. The number of hydrogen-bond donors (Lipinski definition) is 2. The molecule has 0 amide bonds. The minimum Gasteiger partial charge on any atom is -0.395 e. The van der Waals surface area contributed by atoms with Gasteiger partial charge in [-0.15, -0.1) is 47.0 Å². The van der Waals surface area contributed by atoms with Gasteiger partial charge in [0.05, 0.1) is 22.4 Å². The molecule has 6 atom stereocenters. The van der Waals surface area contributed by atoms with Crippen molar-refractivity contribution in [1.82, 2.24) is 0 Å². The van der Waals surface area contributed by atoms with Crippen molar-refractivity contribution >= 4 is 70.6 Å². The van der Waals surface area contributed by atoms with Crippen LogP contribution < -0.4 is 0 Å². The van der Waals surface area contributed by atoms with Gasteiger partial charge >= 0.3 is 0 Å². The topological polar surface area (TPSA) is 40.5 Å².